The number of aliphatic imine (C=N–C) groups is 1. The molecule has 1 N–H and O–H groups in total. The smallest absolute Gasteiger partial charge is 0.164 e. The van der Waals surface area contributed by atoms with E-state index >= 15 is 4.39 Å². The Labute approximate surface area is 180 Å². The summed E-state index contributed by atoms with van der Waals surface area (Å²) in [5.41, 5.74) is 5.30. The number of benzene rings is 2. The lowest BCUT2D eigenvalue weighted by atomic mass is 9.85. The quantitative estimate of drug-likeness (QED) is 0.321. The SMILES string of the molecule is C=CNc1c(C(C)=O)c(F)cc(-c2ccc(CCCC)c(N=CC)c2)c1[C@H](C)CC. The monoisotopic (exact) mass is 408 g/mol. The summed E-state index contributed by atoms with van der Waals surface area (Å²) >= 11 is 0. The number of aryl methyl sites for hydroxylation is 1. The fourth-order valence-electron chi connectivity index (χ4n) is 3.79. The molecule has 3 nitrogen and oxygen atoms in total. The molecule has 0 saturated carbocycles. The number of unbranched alkanes of at least 4 members (excludes halogenated alkanes) is 1. The van der Waals surface area contributed by atoms with Crippen LogP contribution >= 0.6 is 0 Å². The van der Waals surface area contributed by atoms with E-state index in [9.17, 15) is 4.79 Å². The Kier molecular flexibility index (Phi) is 8.52. The van der Waals surface area contributed by atoms with Crippen LogP contribution in [0.15, 0.2) is 42.0 Å². The van der Waals surface area contributed by atoms with Gasteiger partial charge >= 0.3 is 0 Å². The Morgan fingerprint density at radius 2 is 2.03 bits per heavy atom. The Morgan fingerprint density at radius 1 is 1.30 bits per heavy atom. The van der Waals surface area contributed by atoms with Crippen molar-refractivity contribution in [3.63, 3.8) is 0 Å². The Balaban J connectivity index is 2.81. The van der Waals surface area contributed by atoms with E-state index in [1.54, 1.807) is 6.21 Å². The molecule has 0 bridgehead atoms. The summed E-state index contributed by atoms with van der Waals surface area (Å²) < 4.78 is 15.1. The van der Waals surface area contributed by atoms with E-state index < -0.39 is 5.82 Å². The minimum atomic E-state index is -0.524. The predicted octanol–water partition coefficient (Wildman–Crippen LogP) is 7.83. The van der Waals surface area contributed by atoms with Crippen molar-refractivity contribution in [3.8, 4) is 11.1 Å². The van der Waals surface area contributed by atoms with Crippen LogP contribution < -0.4 is 5.32 Å². The third-order valence-corrected chi connectivity index (χ3v) is 5.49. The molecule has 0 fully saturated rings. The van der Waals surface area contributed by atoms with Crippen molar-refractivity contribution in [1.29, 1.82) is 0 Å². The van der Waals surface area contributed by atoms with Crippen molar-refractivity contribution in [2.75, 3.05) is 5.32 Å². The fraction of sp³-hybridized carbons (Fsp3) is 0.385. The molecule has 0 saturated heterocycles. The van der Waals surface area contributed by atoms with Gasteiger partial charge in [-0.2, -0.15) is 0 Å². The second-order valence-electron chi connectivity index (χ2n) is 7.62. The topological polar surface area (TPSA) is 41.5 Å². The van der Waals surface area contributed by atoms with Crippen LogP contribution in [0.2, 0.25) is 0 Å². The largest absolute Gasteiger partial charge is 0.361 e. The van der Waals surface area contributed by atoms with Gasteiger partial charge in [-0.05, 0) is 79.6 Å². The molecule has 2 aromatic rings. The van der Waals surface area contributed by atoms with Gasteiger partial charge < -0.3 is 5.32 Å². The predicted molar refractivity (Wildman–Crippen MR) is 127 cm³/mol. The molecule has 0 amide bonds. The molecule has 0 aliphatic rings. The Bertz CT molecular complexity index is 947. The zero-order valence-corrected chi connectivity index (χ0v) is 18.8. The minimum Gasteiger partial charge on any atom is -0.361 e. The number of Topliss-reactive ketones (excluding diaryl/α,β-unsaturated/α-hetero) is 1. The summed E-state index contributed by atoms with van der Waals surface area (Å²) in [5, 5.41) is 3.04. The zero-order chi connectivity index (χ0) is 22.3. The number of nitrogens with one attached hydrogen (secondary N) is 1. The van der Waals surface area contributed by atoms with Gasteiger partial charge in [0.05, 0.1) is 16.9 Å². The lowest BCUT2D eigenvalue weighted by Crippen LogP contribution is -2.10. The van der Waals surface area contributed by atoms with Gasteiger partial charge in [-0.1, -0.05) is 45.9 Å². The van der Waals surface area contributed by atoms with Crippen molar-refractivity contribution >= 4 is 23.4 Å². The molecule has 2 aromatic carbocycles. The number of ketones is 1. The van der Waals surface area contributed by atoms with Crippen molar-refractivity contribution in [2.45, 2.75) is 66.2 Å². The van der Waals surface area contributed by atoms with E-state index in [2.05, 4.69) is 43.7 Å². The highest BCUT2D eigenvalue weighted by Gasteiger charge is 2.24. The first-order chi connectivity index (χ1) is 14.4. The van der Waals surface area contributed by atoms with Gasteiger partial charge in [0.25, 0.3) is 0 Å². The number of halogens is 1. The zero-order valence-electron chi connectivity index (χ0n) is 18.8. The summed E-state index contributed by atoms with van der Waals surface area (Å²) in [7, 11) is 0. The number of anilines is 1. The average molecular weight is 409 g/mol. The molecular weight excluding hydrogens is 375 g/mol. The lowest BCUT2D eigenvalue weighted by Gasteiger charge is -2.23. The van der Waals surface area contributed by atoms with Crippen LogP contribution in [0.1, 0.15) is 81.3 Å². The highest BCUT2D eigenvalue weighted by Crippen LogP contribution is 2.41. The van der Waals surface area contributed by atoms with Crippen LogP contribution in [0.5, 0.6) is 0 Å². The highest BCUT2D eigenvalue weighted by atomic mass is 19.1. The molecule has 0 radical (unpaired) electrons. The lowest BCUT2D eigenvalue weighted by molar-refractivity contribution is 0.101. The van der Waals surface area contributed by atoms with E-state index in [0.29, 0.717) is 5.69 Å². The number of carbonyl (C=O) groups excluding carboxylic acids is 1. The van der Waals surface area contributed by atoms with Crippen LogP contribution in [-0.2, 0) is 6.42 Å². The van der Waals surface area contributed by atoms with E-state index in [1.807, 2.05) is 19.1 Å². The Hall–Kier alpha value is -2.75. The maximum atomic E-state index is 15.1. The summed E-state index contributed by atoms with van der Waals surface area (Å²) in [6.45, 7) is 13.4. The first kappa shape index (κ1) is 23.5. The normalized spacial score (nSPS) is 12.2. The van der Waals surface area contributed by atoms with E-state index in [4.69, 9.17) is 0 Å². The summed E-state index contributed by atoms with van der Waals surface area (Å²) in [5.74, 6) is -0.706. The number of hydrogen-bond donors (Lipinski definition) is 1. The molecule has 1 atom stereocenters. The summed E-state index contributed by atoms with van der Waals surface area (Å²) in [6, 6.07) is 7.64. The number of nitrogens with zero attached hydrogens (tertiary/aromatic N) is 1. The fourth-order valence-corrected chi connectivity index (χ4v) is 3.79. The highest BCUT2D eigenvalue weighted by molar-refractivity contribution is 6.02. The van der Waals surface area contributed by atoms with E-state index in [1.165, 1.54) is 24.8 Å². The average Bonchev–Trinajstić information content (AvgIpc) is 2.72. The van der Waals surface area contributed by atoms with Crippen LogP contribution in [0.4, 0.5) is 15.8 Å². The molecule has 0 aliphatic carbocycles. The minimum absolute atomic E-state index is 0.0836. The molecule has 0 spiro atoms. The van der Waals surface area contributed by atoms with Crippen LogP contribution in [0.25, 0.3) is 11.1 Å². The molecular formula is C26H33FN2O. The maximum Gasteiger partial charge on any atom is 0.164 e. The number of rotatable bonds is 10. The molecule has 4 heteroatoms. The van der Waals surface area contributed by atoms with Gasteiger partial charge in [-0.25, -0.2) is 4.39 Å². The van der Waals surface area contributed by atoms with Crippen LogP contribution in [0, 0.1) is 5.82 Å². The first-order valence-electron chi connectivity index (χ1n) is 10.8. The molecule has 160 valence electrons. The van der Waals surface area contributed by atoms with Crippen molar-refractivity contribution in [1.82, 2.24) is 0 Å². The maximum absolute atomic E-state index is 15.1. The van der Waals surface area contributed by atoms with Crippen LogP contribution in [0.3, 0.4) is 0 Å². The standard InChI is InChI=1S/C26H33FN2O/c1-7-11-12-19-13-14-20(15-23(19)28-9-3)21-16-22(27)25(18(6)30)26(29-10-4)24(21)17(5)8-2/h9-10,13-17,29H,4,7-8,11-12H2,1-3,5-6H3/t17-/m1/s1. The third kappa shape index (κ3) is 5.05. The van der Waals surface area contributed by atoms with Crippen molar-refractivity contribution in [2.24, 2.45) is 4.99 Å². The van der Waals surface area contributed by atoms with Gasteiger partial charge in [0.15, 0.2) is 5.78 Å². The Morgan fingerprint density at radius 3 is 2.60 bits per heavy atom. The molecule has 2 rings (SSSR count). The van der Waals surface area contributed by atoms with Gasteiger partial charge in [-0.15, -0.1) is 0 Å². The number of carbonyl (C=O) groups is 1. The van der Waals surface area contributed by atoms with Crippen LogP contribution in [-0.4, -0.2) is 12.0 Å². The molecule has 0 aliphatic heterocycles. The second-order valence-corrected chi connectivity index (χ2v) is 7.62. The van der Waals surface area contributed by atoms with Gasteiger partial charge in [0, 0.05) is 6.21 Å². The third-order valence-electron chi connectivity index (χ3n) is 5.49. The van der Waals surface area contributed by atoms with E-state index in [0.717, 1.165) is 48.1 Å². The molecule has 0 aromatic heterocycles. The van der Waals surface area contributed by atoms with E-state index in [-0.39, 0.29) is 17.3 Å². The summed E-state index contributed by atoms with van der Waals surface area (Å²) in [4.78, 5) is 16.8. The van der Waals surface area contributed by atoms with Gasteiger partial charge in [0.2, 0.25) is 0 Å². The van der Waals surface area contributed by atoms with Crippen molar-refractivity contribution < 1.29 is 9.18 Å². The van der Waals surface area contributed by atoms with Gasteiger partial charge in [0.1, 0.15) is 5.82 Å². The first-order valence-corrected chi connectivity index (χ1v) is 10.8. The number of hydrogen-bond acceptors (Lipinski definition) is 3. The molecule has 0 heterocycles. The van der Waals surface area contributed by atoms with Gasteiger partial charge in [-0.3, -0.25) is 9.79 Å². The molecule has 0 unspecified atom stereocenters. The molecule has 30 heavy (non-hydrogen) atoms. The van der Waals surface area contributed by atoms with Crippen molar-refractivity contribution in [3.05, 3.63) is 59.6 Å². The second kappa shape index (κ2) is 10.9. The summed E-state index contributed by atoms with van der Waals surface area (Å²) in [6.07, 6.45) is 7.31.